The van der Waals surface area contributed by atoms with Gasteiger partial charge in [-0.05, 0) is 24.3 Å². The fourth-order valence-corrected chi connectivity index (χ4v) is 1.70. The molecule has 16 heavy (non-hydrogen) atoms. The summed E-state index contributed by atoms with van der Waals surface area (Å²) < 4.78 is 7.24. The molecule has 0 fully saturated rings. The molecule has 3 heteroatoms. The molecule has 1 aromatic carbocycles. The Morgan fingerprint density at radius 2 is 1.88 bits per heavy atom. The number of hydrogen-bond donors (Lipinski definition) is 0. The van der Waals surface area contributed by atoms with Gasteiger partial charge < -0.3 is 9.30 Å². The molecular formula is C13H16N2O. The Balaban J connectivity index is 2.38. The molecule has 0 radical (unpaired) electrons. The van der Waals surface area contributed by atoms with Crippen molar-refractivity contribution in [3.63, 3.8) is 0 Å². The summed E-state index contributed by atoms with van der Waals surface area (Å²) in [5, 5.41) is 0. The van der Waals surface area contributed by atoms with Gasteiger partial charge in [0.25, 0.3) is 0 Å². The summed E-state index contributed by atoms with van der Waals surface area (Å²) in [4.78, 5) is 4.37. The standard InChI is InChI=1S/C13H16N2O/c1-10(2)13-14-8-9-15(13)11-4-6-12(16-3)7-5-11/h4-10H,1-3H3. The van der Waals surface area contributed by atoms with Crippen LogP contribution in [0, 0.1) is 0 Å². The molecule has 0 unspecified atom stereocenters. The summed E-state index contributed by atoms with van der Waals surface area (Å²) in [6, 6.07) is 7.98. The van der Waals surface area contributed by atoms with E-state index in [1.54, 1.807) is 7.11 Å². The van der Waals surface area contributed by atoms with Crippen LogP contribution in [0.2, 0.25) is 0 Å². The summed E-state index contributed by atoms with van der Waals surface area (Å²) in [5.74, 6) is 2.36. The van der Waals surface area contributed by atoms with E-state index in [9.17, 15) is 0 Å². The second-order valence-corrected chi connectivity index (χ2v) is 4.01. The highest BCUT2D eigenvalue weighted by atomic mass is 16.5. The second kappa shape index (κ2) is 4.39. The maximum Gasteiger partial charge on any atom is 0.119 e. The molecule has 0 aliphatic carbocycles. The third-order valence-corrected chi connectivity index (χ3v) is 2.54. The van der Waals surface area contributed by atoms with Gasteiger partial charge in [-0.1, -0.05) is 13.8 Å². The lowest BCUT2D eigenvalue weighted by Crippen LogP contribution is -2.02. The van der Waals surface area contributed by atoms with Crippen LogP contribution in [0.25, 0.3) is 5.69 Å². The fraction of sp³-hybridized carbons (Fsp3) is 0.308. The van der Waals surface area contributed by atoms with E-state index in [4.69, 9.17) is 4.74 Å². The van der Waals surface area contributed by atoms with E-state index in [2.05, 4.69) is 23.4 Å². The molecule has 2 rings (SSSR count). The van der Waals surface area contributed by atoms with Gasteiger partial charge in [-0.15, -0.1) is 0 Å². The van der Waals surface area contributed by atoms with Gasteiger partial charge in [0, 0.05) is 24.0 Å². The van der Waals surface area contributed by atoms with Crippen LogP contribution in [-0.2, 0) is 0 Å². The largest absolute Gasteiger partial charge is 0.497 e. The van der Waals surface area contributed by atoms with Crippen molar-refractivity contribution in [3.8, 4) is 11.4 Å². The summed E-state index contributed by atoms with van der Waals surface area (Å²) in [6.07, 6.45) is 3.82. The van der Waals surface area contributed by atoms with Gasteiger partial charge in [-0.3, -0.25) is 0 Å². The molecule has 0 N–H and O–H groups in total. The normalized spacial score (nSPS) is 10.8. The molecule has 1 heterocycles. The first-order chi connectivity index (χ1) is 7.72. The van der Waals surface area contributed by atoms with E-state index in [1.165, 1.54) is 0 Å². The molecule has 84 valence electrons. The minimum atomic E-state index is 0.414. The average Bonchev–Trinajstić information content (AvgIpc) is 2.78. The smallest absolute Gasteiger partial charge is 0.119 e. The third-order valence-electron chi connectivity index (χ3n) is 2.54. The van der Waals surface area contributed by atoms with E-state index in [1.807, 2.05) is 36.7 Å². The lowest BCUT2D eigenvalue weighted by Gasteiger charge is -2.10. The quantitative estimate of drug-likeness (QED) is 0.788. The summed E-state index contributed by atoms with van der Waals surface area (Å²) >= 11 is 0. The molecule has 0 bridgehead atoms. The molecular weight excluding hydrogens is 200 g/mol. The summed E-state index contributed by atoms with van der Waals surface area (Å²) in [5.41, 5.74) is 1.11. The molecule has 3 nitrogen and oxygen atoms in total. The topological polar surface area (TPSA) is 27.1 Å². The number of methoxy groups -OCH3 is 1. The van der Waals surface area contributed by atoms with Crippen molar-refractivity contribution in [2.24, 2.45) is 0 Å². The van der Waals surface area contributed by atoms with Crippen molar-refractivity contribution < 1.29 is 4.74 Å². The number of aromatic nitrogens is 2. The lowest BCUT2D eigenvalue weighted by atomic mass is 10.2. The van der Waals surface area contributed by atoms with Crippen molar-refractivity contribution >= 4 is 0 Å². The zero-order valence-corrected chi connectivity index (χ0v) is 9.84. The van der Waals surface area contributed by atoms with Gasteiger partial charge in [0.1, 0.15) is 11.6 Å². The SMILES string of the molecule is COc1ccc(-n2ccnc2C(C)C)cc1. The van der Waals surface area contributed by atoms with Crippen LogP contribution >= 0.6 is 0 Å². The highest BCUT2D eigenvalue weighted by Gasteiger charge is 2.08. The molecule has 0 aliphatic heterocycles. The number of rotatable bonds is 3. The van der Waals surface area contributed by atoms with E-state index < -0.39 is 0 Å². The molecule has 0 atom stereocenters. The molecule has 0 amide bonds. The monoisotopic (exact) mass is 216 g/mol. The van der Waals surface area contributed by atoms with Crippen molar-refractivity contribution in [2.75, 3.05) is 7.11 Å². The first-order valence-electron chi connectivity index (χ1n) is 5.40. The number of benzene rings is 1. The number of ether oxygens (including phenoxy) is 1. The predicted molar refractivity (Wildman–Crippen MR) is 64.2 cm³/mol. The second-order valence-electron chi connectivity index (χ2n) is 4.01. The molecule has 2 aromatic rings. The fourth-order valence-electron chi connectivity index (χ4n) is 1.70. The van der Waals surface area contributed by atoms with Crippen molar-refractivity contribution in [1.82, 2.24) is 9.55 Å². The van der Waals surface area contributed by atoms with Crippen LogP contribution in [0.4, 0.5) is 0 Å². The first-order valence-corrected chi connectivity index (χ1v) is 5.40. The Hall–Kier alpha value is -1.77. The van der Waals surface area contributed by atoms with Crippen LogP contribution in [0.1, 0.15) is 25.6 Å². The number of nitrogens with zero attached hydrogens (tertiary/aromatic N) is 2. The van der Waals surface area contributed by atoms with Gasteiger partial charge in [0.2, 0.25) is 0 Å². The Kier molecular flexibility index (Phi) is 2.95. The average molecular weight is 216 g/mol. The minimum absolute atomic E-state index is 0.414. The zero-order chi connectivity index (χ0) is 11.5. The van der Waals surface area contributed by atoms with E-state index in [0.717, 1.165) is 17.3 Å². The molecule has 0 saturated carbocycles. The van der Waals surface area contributed by atoms with Gasteiger partial charge >= 0.3 is 0 Å². The van der Waals surface area contributed by atoms with Crippen LogP contribution in [0.15, 0.2) is 36.7 Å². The van der Waals surface area contributed by atoms with Gasteiger partial charge in [-0.2, -0.15) is 0 Å². The maximum atomic E-state index is 5.14. The van der Waals surface area contributed by atoms with Gasteiger partial charge in [0.05, 0.1) is 7.11 Å². The van der Waals surface area contributed by atoms with Crippen LogP contribution in [0.3, 0.4) is 0 Å². The Morgan fingerprint density at radius 3 is 2.44 bits per heavy atom. The Labute approximate surface area is 95.7 Å². The van der Waals surface area contributed by atoms with Crippen LogP contribution in [0.5, 0.6) is 5.75 Å². The highest BCUT2D eigenvalue weighted by molar-refractivity contribution is 5.38. The third kappa shape index (κ3) is 1.94. The number of hydrogen-bond acceptors (Lipinski definition) is 2. The van der Waals surface area contributed by atoms with E-state index >= 15 is 0 Å². The molecule has 0 saturated heterocycles. The van der Waals surface area contributed by atoms with Gasteiger partial charge in [-0.25, -0.2) is 4.98 Å². The highest BCUT2D eigenvalue weighted by Crippen LogP contribution is 2.19. The van der Waals surface area contributed by atoms with E-state index in [-0.39, 0.29) is 0 Å². The van der Waals surface area contributed by atoms with Crippen LogP contribution in [-0.4, -0.2) is 16.7 Å². The molecule has 0 spiro atoms. The molecule has 1 aromatic heterocycles. The van der Waals surface area contributed by atoms with Crippen LogP contribution < -0.4 is 4.74 Å². The maximum absolute atomic E-state index is 5.14. The Bertz CT molecular complexity index is 457. The lowest BCUT2D eigenvalue weighted by molar-refractivity contribution is 0.414. The van der Waals surface area contributed by atoms with Crippen molar-refractivity contribution in [1.29, 1.82) is 0 Å². The predicted octanol–water partition coefficient (Wildman–Crippen LogP) is 3.00. The summed E-state index contributed by atoms with van der Waals surface area (Å²) in [7, 11) is 1.67. The Morgan fingerprint density at radius 1 is 1.19 bits per heavy atom. The minimum Gasteiger partial charge on any atom is -0.497 e. The van der Waals surface area contributed by atoms with Crippen molar-refractivity contribution in [2.45, 2.75) is 19.8 Å². The van der Waals surface area contributed by atoms with E-state index in [0.29, 0.717) is 5.92 Å². The zero-order valence-electron chi connectivity index (χ0n) is 9.84. The first kappa shape index (κ1) is 10.7. The van der Waals surface area contributed by atoms with Gasteiger partial charge in [0.15, 0.2) is 0 Å². The molecule has 0 aliphatic rings. The van der Waals surface area contributed by atoms with Crippen molar-refractivity contribution in [3.05, 3.63) is 42.5 Å². The summed E-state index contributed by atoms with van der Waals surface area (Å²) in [6.45, 7) is 4.28. The number of imidazole rings is 1.